The normalized spacial score (nSPS) is 22.5. The Morgan fingerprint density at radius 2 is 1.89 bits per heavy atom. The maximum absolute atomic E-state index is 14.2. The van der Waals surface area contributed by atoms with Crippen LogP contribution in [0.2, 0.25) is 0 Å². The van der Waals surface area contributed by atoms with Crippen molar-refractivity contribution < 1.29 is 14.7 Å². The number of aromatic nitrogens is 3. The van der Waals surface area contributed by atoms with Crippen molar-refractivity contribution >= 4 is 23.2 Å². The van der Waals surface area contributed by atoms with Gasteiger partial charge in [-0.1, -0.05) is 46.8 Å². The molecule has 8 heteroatoms. The molecular formula is C27H32N4O3S. The van der Waals surface area contributed by atoms with E-state index < -0.39 is 17.6 Å². The number of rotatable bonds is 6. The van der Waals surface area contributed by atoms with Crippen molar-refractivity contribution in [3.63, 3.8) is 0 Å². The van der Waals surface area contributed by atoms with Crippen molar-refractivity contribution in [3.05, 3.63) is 76.3 Å². The highest BCUT2D eigenvalue weighted by Gasteiger charge is 2.59. The first-order valence-corrected chi connectivity index (χ1v) is 12.7. The van der Waals surface area contributed by atoms with Gasteiger partial charge in [0.15, 0.2) is 0 Å². The van der Waals surface area contributed by atoms with E-state index in [9.17, 15) is 14.7 Å². The number of carboxylic acid groups (broad SMARTS) is 1. The van der Waals surface area contributed by atoms with Crippen LogP contribution in [0.1, 0.15) is 85.9 Å². The van der Waals surface area contributed by atoms with Gasteiger partial charge in [0.1, 0.15) is 11.9 Å². The van der Waals surface area contributed by atoms with E-state index in [2.05, 4.69) is 35.7 Å². The molecule has 3 heterocycles. The number of thiazole rings is 1. The van der Waals surface area contributed by atoms with Crippen LogP contribution in [0.3, 0.4) is 0 Å². The molecular weight excluding hydrogens is 460 g/mol. The van der Waals surface area contributed by atoms with Crippen molar-refractivity contribution in [2.24, 2.45) is 5.92 Å². The molecule has 0 spiro atoms. The monoisotopic (exact) mass is 492 g/mol. The fraction of sp³-hybridized carbons (Fsp3) is 0.444. The summed E-state index contributed by atoms with van der Waals surface area (Å²) in [6.07, 6.45) is 5.48. The molecule has 0 saturated carbocycles. The maximum atomic E-state index is 14.2. The summed E-state index contributed by atoms with van der Waals surface area (Å²) in [5.74, 6) is -1.51. The molecule has 35 heavy (non-hydrogen) atoms. The van der Waals surface area contributed by atoms with Crippen LogP contribution in [0.5, 0.6) is 0 Å². The molecule has 1 aliphatic rings. The Morgan fingerprint density at radius 1 is 1.17 bits per heavy atom. The van der Waals surface area contributed by atoms with Crippen LogP contribution in [-0.2, 0) is 10.2 Å². The lowest BCUT2D eigenvalue weighted by Crippen LogP contribution is -2.54. The molecule has 0 bridgehead atoms. The fourth-order valence-corrected chi connectivity index (χ4v) is 5.99. The zero-order valence-electron chi connectivity index (χ0n) is 20.8. The quantitative estimate of drug-likeness (QED) is 0.490. The maximum Gasteiger partial charge on any atom is 0.329 e. The molecule has 0 unspecified atom stereocenters. The van der Waals surface area contributed by atoms with Crippen molar-refractivity contribution in [1.82, 2.24) is 19.9 Å². The highest BCUT2D eigenvalue weighted by atomic mass is 32.1. The highest BCUT2D eigenvalue weighted by molar-refractivity contribution is 7.09. The Morgan fingerprint density at radius 3 is 2.40 bits per heavy atom. The van der Waals surface area contributed by atoms with Gasteiger partial charge < -0.3 is 10.0 Å². The third-order valence-corrected chi connectivity index (χ3v) is 7.61. The van der Waals surface area contributed by atoms with E-state index in [-0.39, 0.29) is 29.6 Å². The molecule has 3 atom stereocenters. The lowest BCUT2D eigenvalue weighted by atomic mass is 9.82. The van der Waals surface area contributed by atoms with Gasteiger partial charge in [0.2, 0.25) is 0 Å². The number of hydrogen-bond acceptors (Lipinski definition) is 6. The molecule has 0 radical (unpaired) electrons. The number of likely N-dealkylation sites (tertiary alicyclic amines) is 1. The van der Waals surface area contributed by atoms with Gasteiger partial charge >= 0.3 is 5.97 Å². The van der Waals surface area contributed by atoms with Crippen LogP contribution >= 0.6 is 11.3 Å². The molecule has 7 nitrogen and oxygen atoms in total. The van der Waals surface area contributed by atoms with Gasteiger partial charge in [-0.05, 0) is 47.9 Å². The van der Waals surface area contributed by atoms with Gasteiger partial charge in [-0.15, -0.1) is 11.3 Å². The van der Waals surface area contributed by atoms with Gasteiger partial charge in [-0.25, -0.2) is 14.8 Å². The van der Waals surface area contributed by atoms with Crippen LogP contribution in [0, 0.1) is 5.92 Å². The Bertz CT molecular complexity index is 1170. The number of hydrogen-bond donors (Lipinski definition) is 1. The average Bonchev–Trinajstić information content (AvgIpc) is 3.45. The summed E-state index contributed by atoms with van der Waals surface area (Å²) in [5, 5.41) is 10.7. The van der Waals surface area contributed by atoms with Gasteiger partial charge in [0.25, 0.3) is 5.91 Å². The van der Waals surface area contributed by atoms with E-state index in [0.29, 0.717) is 12.0 Å². The Kier molecular flexibility index (Phi) is 6.77. The van der Waals surface area contributed by atoms with Crippen molar-refractivity contribution in [2.45, 2.75) is 70.4 Å². The van der Waals surface area contributed by atoms with E-state index in [1.54, 1.807) is 22.8 Å². The van der Waals surface area contributed by atoms with Crippen molar-refractivity contribution in [1.29, 1.82) is 0 Å². The van der Waals surface area contributed by atoms with Crippen LogP contribution in [0.25, 0.3) is 0 Å². The topological polar surface area (TPSA) is 96.3 Å². The van der Waals surface area contributed by atoms with Crippen LogP contribution in [0.15, 0.2) is 54.6 Å². The molecule has 1 saturated heterocycles. The molecule has 2 aromatic heterocycles. The zero-order valence-corrected chi connectivity index (χ0v) is 21.6. The first kappa shape index (κ1) is 25.0. The van der Waals surface area contributed by atoms with E-state index in [1.165, 1.54) is 17.7 Å². The van der Waals surface area contributed by atoms with Crippen molar-refractivity contribution in [3.8, 4) is 0 Å². The molecule has 4 rings (SSSR count). The molecule has 3 aromatic rings. The van der Waals surface area contributed by atoms with Crippen LogP contribution in [-0.4, -0.2) is 42.4 Å². The predicted octanol–water partition coefficient (Wildman–Crippen LogP) is 5.47. The summed E-state index contributed by atoms with van der Waals surface area (Å²) < 4.78 is 0. The lowest BCUT2D eigenvalue weighted by Gasteiger charge is -2.39. The smallest absolute Gasteiger partial charge is 0.329 e. The SMILES string of the molecule is CC(C)C[C@@]1(C(=O)O)C[C@H](c2ccncn2)[C@H](c2cncs2)N1C(=O)c1ccc(C(C)(C)C)cc1. The summed E-state index contributed by atoms with van der Waals surface area (Å²) >= 11 is 1.43. The number of carboxylic acids is 1. The molecule has 1 fully saturated rings. The molecule has 1 aromatic carbocycles. The van der Waals surface area contributed by atoms with Gasteiger partial charge in [-0.2, -0.15) is 0 Å². The third-order valence-electron chi connectivity index (χ3n) is 6.77. The van der Waals surface area contributed by atoms with E-state index in [0.717, 1.165) is 16.1 Å². The standard InChI is InChI=1S/C27H32N4O3S/c1-17(2)12-27(25(33)34)13-20(21-10-11-28-15-30-21)23(22-14-29-16-35-22)31(27)24(32)18-6-8-19(9-7-18)26(3,4)5/h6-11,14-17,20,23H,12-13H2,1-5H3,(H,33,34)/t20-,23-,27+/m1/s1. The second-order valence-electron chi connectivity index (χ2n) is 10.7. The Labute approximate surface area is 210 Å². The largest absolute Gasteiger partial charge is 0.479 e. The molecule has 1 aliphatic heterocycles. The second-order valence-corrected chi connectivity index (χ2v) is 11.6. The molecule has 1 N–H and O–H groups in total. The second kappa shape index (κ2) is 9.49. The summed E-state index contributed by atoms with van der Waals surface area (Å²) in [6.45, 7) is 10.3. The van der Waals surface area contributed by atoms with Gasteiger partial charge in [0, 0.05) is 34.4 Å². The minimum Gasteiger partial charge on any atom is -0.479 e. The summed E-state index contributed by atoms with van der Waals surface area (Å²) in [7, 11) is 0. The first-order valence-electron chi connectivity index (χ1n) is 11.9. The predicted molar refractivity (Wildman–Crippen MR) is 135 cm³/mol. The zero-order chi connectivity index (χ0) is 25.4. The number of carbonyl (C=O) groups is 2. The Hall–Kier alpha value is -3.13. The van der Waals surface area contributed by atoms with Crippen molar-refractivity contribution in [2.75, 3.05) is 0 Å². The van der Waals surface area contributed by atoms with Crippen LogP contribution in [0.4, 0.5) is 0 Å². The molecule has 0 aliphatic carbocycles. The van der Waals surface area contributed by atoms with E-state index in [1.807, 2.05) is 44.2 Å². The minimum absolute atomic E-state index is 0.0546. The Balaban J connectivity index is 1.89. The number of benzene rings is 1. The van der Waals surface area contributed by atoms with Gasteiger partial charge in [0.05, 0.1) is 11.6 Å². The lowest BCUT2D eigenvalue weighted by molar-refractivity contribution is -0.150. The van der Waals surface area contributed by atoms with E-state index in [4.69, 9.17) is 0 Å². The third kappa shape index (κ3) is 4.72. The average molecular weight is 493 g/mol. The number of nitrogens with zero attached hydrogens (tertiary/aromatic N) is 4. The molecule has 184 valence electrons. The fourth-order valence-electron chi connectivity index (χ4n) is 5.21. The first-order chi connectivity index (χ1) is 16.5. The number of aliphatic carboxylic acids is 1. The number of amides is 1. The summed E-state index contributed by atoms with van der Waals surface area (Å²) in [5.41, 5.74) is 2.60. The van der Waals surface area contributed by atoms with Gasteiger partial charge in [-0.3, -0.25) is 9.78 Å². The van der Waals surface area contributed by atoms with E-state index >= 15 is 0 Å². The summed E-state index contributed by atoms with van der Waals surface area (Å²) in [6, 6.07) is 8.85. The molecule has 1 amide bonds. The van der Waals surface area contributed by atoms with Crippen LogP contribution < -0.4 is 0 Å². The summed E-state index contributed by atoms with van der Waals surface area (Å²) in [4.78, 5) is 42.5. The highest BCUT2D eigenvalue weighted by Crippen LogP contribution is 2.54. The number of carbonyl (C=O) groups excluding carboxylic acids is 1. The minimum atomic E-state index is -1.38.